The average molecular weight is 473 g/mol. The van der Waals surface area contributed by atoms with E-state index in [9.17, 15) is 12.8 Å². The molecule has 8 nitrogen and oxygen atoms in total. The molecule has 0 aliphatic heterocycles. The number of benzene rings is 1. The van der Waals surface area contributed by atoms with E-state index >= 15 is 0 Å². The monoisotopic (exact) mass is 472 g/mol. The lowest BCUT2D eigenvalue weighted by Crippen LogP contribution is -2.32. The van der Waals surface area contributed by atoms with Gasteiger partial charge < -0.3 is 14.8 Å². The molecule has 2 N–H and O–H groups in total. The molecule has 1 aliphatic rings. The van der Waals surface area contributed by atoms with E-state index < -0.39 is 10.0 Å². The zero-order valence-corrected chi connectivity index (χ0v) is 19.6. The second-order valence-electron chi connectivity index (χ2n) is 8.72. The van der Waals surface area contributed by atoms with Crippen LogP contribution in [0.25, 0.3) is 0 Å². The third kappa shape index (κ3) is 5.76. The fraction of sp³-hybridized carbons (Fsp3) is 0.391. The Morgan fingerprint density at radius 1 is 1.21 bits per heavy atom. The van der Waals surface area contributed by atoms with E-state index in [0.717, 1.165) is 12.8 Å². The summed E-state index contributed by atoms with van der Waals surface area (Å²) in [4.78, 5) is 10.3. The summed E-state index contributed by atoms with van der Waals surface area (Å²) in [5.74, 6) is 0.473. The normalized spacial score (nSPS) is 18.3. The second-order valence-corrected chi connectivity index (χ2v) is 10.5. The van der Waals surface area contributed by atoms with E-state index in [2.05, 4.69) is 24.6 Å². The number of halogens is 1. The van der Waals surface area contributed by atoms with Crippen LogP contribution in [-0.2, 0) is 23.1 Å². The van der Waals surface area contributed by atoms with Crippen molar-refractivity contribution in [2.45, 2.75) is 36.9 Å². The van der Waals surface area contributed by atoms with Crippen molar-refractivity contribution in [2.24, 2.45) is 5.92 Å². The molecule has 3 aromatic rings. The Morgan fingerprint density at radius 2 is 2.03 bits per heavy atom. The fourth-order valence-corrected chi connectivity index (χ4v) is 5.18. The SMILES string of the molecule is CN(C)Cc1cc(CNS(=O)(=O)c2cccnc2NCC2CC(n3ccnc3)C2)ccc1F. The summed E-state index contributed by atoms with van der Waals surface area (Å²) in [7, 11) is -0.101. The number of nitrogens with one attached hydrogen (secondary N) is 2. The number of rotatable bonds is 10. The van der Waals surface area contributed by atoms with Crippen LogP contribution >= 0.6 is 0 Å². The summed E-state index contributed by atoms with van der Waals surface area (Å²) in [6.45, 7) is 1.15. The van der Waals surface area contributed by atoms with E-state index in [-0.39, 0.29) is 17.3 Å². The Kier molecular flexibility index (Phi) is 7.06. The highest BCUT2D eigenvalue weighted by Gasteiger charge is 2.30. The first kappa shape index (κ1) is 23.3. The Morgan fingerprint density at radius 3 is 2.76 bits per heavy atom. The molecular formula is C23H29FN6O2S. The number of aromatic nitrogens is 3. The van der Waals surface area contributed by atoms with Gasteiger partial charge in [-0.3, -0.25) is 0 Å². The maximum absolute atomic E-state index is 14.0. The molecule has 2 heterocycles. The molecule has 1 saturated carbocycles. The predicted molar refractivity (Wildman–Crippen MR) is 125 cm³/mol. The number of imidazole rings is 1. The summed E-state index contributed by atoms with van der Waals surface area (Å²) in [5.41, 5.74) is 1.21. The van der Waals surface area contributed by atoms with Crippen LogP contribution in [0.4, 0.5) is 10.2 Å². The van der Waals surface area contributed by atoms with Gasteiger partial charge in [-0.15, -0.1) is 0 Å². The van der Waals surface area contributed by atoms with Crippen LogP contribution < -0.4 is 10.0 Å². The van der Waals surface area contributed by atoms with Crippen LogP contribution in [0.3, 0.4) is 0 Å². The molecule has 1 aliphatic carbocycles. The van der Waals surface area contributed by atoms with E-state index in [1.54, 1.807) is 30.6 Å². The third-order valence-corrected chi connectivity index (χ3v) is 7.27. The van der Waals surface area contributed by atoms with E-state index in [1.807, 2.05) is 31.5 Å². The molecule has 1 aromatic carbocycles. The standard InChI is InChI=1S/C23H29FN6O2S/c1-29(2)15-19-10-17(5-6-21(19)24)14-28-33(31,32)22-4-3-7-26-23(22)27-13-18-11-20(12-18)30-9-8-25-16-30/h3-10,16,18,20,28H,11-15H2,1-2H3,(H,26,27). The van der Waals surface area contributed by atoms with Crippen LogP contribution in [0.15, 0.2) is 60.1 Å². The van der Waals surface area contributed by atoms with Gasteiger partial charge in [-0.05, 0) is 56.6 Å². The van der Waals surface area contributed by atoms with E-state index in [0.29, 0.717) is 42.0 Å². The van der Waals surface area contributed by atoms with Crippen molar-refractivity contribution in [1.29, 1.82) is 0 Å². The van der Waals surface area contributed by atoms with Crippen molar-refractivity contribution in [3.63, 3.8) is 0 Å². The van der Waals surface area contributed by atoms with Gasteiger partial charge >= 0.3 is 0 Å². The average Bonchev–Trinajstić information content (AvgIpc) is 3.27. The molecule has 0 bridgehead atoms. The quantitative estimate of drug-likeness (QED) is 0.471. The molecule has 4 rings (SSSR count). The minimum absolute atomic E-state index is 0.0621. The molecule has 0 spiro atoms. The number of nitrogens with zero attached hydrogens (tertiary/aromatic N) is 4. The van der Waals surface area contributed by atoms with Crippen molar-refractivity contribution < 1.29 is 12.8 Å². The zero-order chi connectivity index (χ0) is 23.4. The van der Waals surface area contributed by atoms with Gasteiger partial charge in [0.25, 0.3) is 0 Å². The van der Waals surface area contributed by atoms with Gasteiger partial charge in [0.15, 0.2) is 0 Å². The minimum atomic E-state index is -3.81. The van der Waals surface area contributed by atoms with Gasteiger partial charge in [-0.2, -0.15) is 0 Å². The molecule has 2 aromatic heterocycles. The largest absolute Gasteiger partial charge is 0.369 e. The summed E-state index contributed by atoms with van der Waals surface area (Å²) >= 11 is 0. The minimum Gasteiger partial charge on any atom is -0.369 e. The van der Waals surface area contributed by atoms with Crippen molar-refractivity contribution in [3.05, 3.63) is 72.2 Å². The highest BCUT2D eigenvalue weighted by molar-refractivity contribution is 7.89. The smallest absolute Gasteiger partial charge is 0.244 e. The van der Waals surface area contributed by atoms with Gasteiger partial charge in [-0.25, -0.2) is 27.5 Å². The summed E-state index contributed by atoms with van der Waals surface area (Å²) < 4.78 is 44.8. The molecule has 0 saturated heterocycles. The van der Waals surface area contributed by atoms with Gasteiger partial charge in [0.1, 0.15) is 16.5 Å². The molecule has 0 unspecified atom stereocenters. The summed E-state index contributed by atoms with van der Waals surface area (Å²) in [5, 5.41) is 3.21. The van der Waals surface area contributed by atoms with Gasteiger partial charge in [0.2, 0.25) is 10.0 Å². The zero-order valence-electron chi connectivity index (χ0n) is 18.8. The first-order valence-electron chi connectivity index (χ1n) is 10.9. The summed E-state index contributed by atoms with van der Waals surface area (Å²) in [6, 6.07) is 8.23. The van der Waals surface area contributed by atoms with Crippen LogP contribution in [0.1, 0.15) is 30.0 Å². The first-order valence-corrected chi connectivity index (χ1v) is 12.4. The summed E-state index contributed by atoms with van der Waals surface area (Å²) in [6.07, 6.45) is 9.16. The molecule has 33 heavy (non-hydrogen) atoms. The molecule has 176 valence electrons. The number of hydrogen-bond acceptors (Lipinski definition) is 6. The maximum atomic E-state index is 14.0. The number of pyridine rings is 1. The van der Waals surface area contributed by atoms with Crippen LogP contribution in [0.5, 0.6) is 0 Å². The van der Waals surface area contributed by atoms with Gasteiger partial charge in [-0.1, -0.05) is 12.1 Å². The highest BCUT2D eigenvalue weighted by atomic mass is 32.2. The maximum Gasteiger partial charge on any atom is 0.244 e. The lowest BCUT2D eigenvalue weighted by Gasteiger charge is -2.36. The molecule has 1 fully saturated rings. The van der Waals surface area contributed by atoms with E-state index in [4.69, 9.17) is 0 Å². The molecule has 10 heteroatoms. The van der Waals surface area contributed by atoms with Crippen molar-refractivity contribution in [2.75, 3.05) is 26.0 Å². The van der Waals surface area contributed by atoms with Gasteiger partial charge in [0, 0.05) is 49.8 Å². The van der Waals surface area contributed by atoms with Crippen LogP contribution in [0.2, 0.25) is 0 Å². The molecule has 0 amide bonds. The number of sulfonamides is 1. The Balaban J connectivity index is 1.37. The number of anilines is 1. The molecular weight excluding hydrogens is 443 g/mol. The van der Waals surface area contributed by atoms with Crippen LogP contribution in [-0.4, -0.2) is 48.5 Å². The Labute approximate surface area is 193 Å². The third-order valence-electron chi connectivity index (χ3n) is 5.84. The predicted octanol–water partition coefficient (Wildman–Crippen LogP) is 3.02. The number of hydrogen-bond donors (Lipinski definition) is 2. The van der Waals surface area contributed by atoms with Crippen molar-refractivity contribution >= 4 is 15.8 Å². The highest BCUT2D eigenvalue weighted by Crippen LogP contribution is 2.37. The topological polar surface area (TPSA) is 92.1 Å². The van der Waals surface area contributed by atoms with Gasteiger partial charge in [0.05, 0.1) is 6.33 Å². The lowest BCUT2D eigenvalue weighted by molar-refractivity contribution is 0.208. The molecule has 0 radical (unpaired) electrons. The molecule has 0 atom stereocenters. The fourth-order valence-electron chi connectivity index (χ4n) is 4.03. The van der Waals surface area contributed by atoms with E-state index in [1.165, 1.54) is 12.1 Å². The lowest BCUT2D eigenvalue weighted by atomic mass is 9.80. The van der Waals surface area contributed by atoms with Crippen molar-refractivity contribution in [1.82, 2.24) is 24.2 Å². The Hall–Kier alpha value is -2.82. The first-order chi connectivity index (χ1) is 15.8. The van der Waals surface area contributed by atoms with Crippen molar-refractivity contribution in [3.8, 4) is 0 Å². The van der Waals surface area contributed by atoms with Crippen LogP contribution in [0, 0.1) is 11.7 Å². The second kappa shape index (κ2) is 9.98. The Bertz CT molecular complexity index is 1180.